The minimum absolute atomic E-state index is 0.0210. The Balaban J connectivity index is 0.957. The average Bonchev–Trinajstić information content (AvgIpc) is 3.69. The number of fused-ring (bicyclic) bond motifs is 2. The molecule has 4 heterocycles. The summed E-state index contributed by atoms with van der Waals surface area (Å²) in [6, 6.07) is 12.5. The smallest absolute Gasteiger partial charge is 0.255 e. The Morgan fingerprint density at radius 3 is 2.54 bits per heavy atom. The summed E-state index contributed by atoms with van der Waals surface area (Å²) in [5.41, 5.74) is 9.22. The predicted octanol–water partition coefficient (Wildman–Crippen LogP) is 2.33. The van der Waals surface area contributed by atoms with Crippen LogP contribution in [0.5, 0.6) is 0 Å². The Labute approximate surface area is 292 Å². The fraction of sp³-hybridized carbons (Fsp3) is 0.474. The van der Waals surface area contributed by atoms with E-state index in [2.05, 4.69) is 17.2 Å². The van der Waals surface area contributed by atoms with Crippen LogP contribution in [0.15, 0.2) is 48.5 Å². The van der Waals surface area contributed by atoms with Crippen molar-refractivity contribution in [1.82, 2.24) is 20.0 Å². The maximum Gasteiger partial charge on any atom is 0.255 e. The van der Waals surface area contributed by atoms with Crippen molar-refractivity contribution < 1.29 is 28.8 Å². The van der Waals surface area contributed by atoms with Crippen molar-refractivity contribution in [3.63, 3.8) is 0 Å². The van der Waals surface area contributed by atoms with Crippen molar-refractivity contribution in [2.24, 2.45) is 5.73 Å². The van der Waals surface area contributed by atoms with Crippen molar-refractivity contribution >= 4 is 41.1 Å². The highest BCUT2D eigenvalue weighted by Crippen LogP contribution is 2.32. The number of nitrogens with two attached hydrogens (primary N) is 1. The second-order valence-electron chi connectivity index (χ2n) is 13.6. The normalized spacial score (nSPS) is 23.4. The topological polar surface area (TPSA) is 153 Å². The number of para-hydroxylation sites is 1. The van der Waals surface area contributed by atoms with E-state index in [1.807, 2.05) is 36.4 Å². The number of piperidine rings is 1. The van der Waals surface area contributed by atoms with Gasteiger partial charge in [0.1, 0.15) is 18.1 Å². The van der Waals surface area contributed by atoms with Crippen LogP contribution in [-0.2, 0) is 30.5 Å². The molecule has 4 aliphatic rings. The van der Waals surface area contributed by atoms with Crippen LogP contribution < -0.4 is 16.0 Å². The fourth-order valence-corrected chi connectivity index (χ4v) is 7.56. The average molecular weight is 681 g/mol. The van der Waals surface area contributed by atoms with Crippen molar-refractivity contribution in [3.8, 4) is 11.8 Å². The summed E-state index contributed by atoms with van der Waals surface area (Å²) in [6.45, 7) is 0.904. The maximum absolute atomic E-state index is 13.5. The summed E-state index contributed by atoms with van der Waals surface area (Å²) in [5.74, 6) is 4.98. The third-order valence-electron chi connectivity index (χ3n) is 10.3. The lowest BCUT2D eigenvalue weighted by molar-refractivity contribution is -0.144. The predicted molar refractivity (Wildman–Crippen MR) is 185 cm³/mol. The molecule has 262 valence electrons. The number of carbonyl (C=O) groups excluding carboxylic acids is 6. The zero-order valence-corrected chi connectivity index (χ0v) is 28.4. The van der Waals surface area contributed by atoms with Gasteiger partial charge >= 0.3 is 0 Å². The number of benzene rings is 2. The molecule has 3 saturated heterocycles. The molecule has 0 bridgehead atoms. The molecule has 0 aliphatic carbocycles. The van der Waals surface area contributed by atoms with Crippen molar-refractivity contribution in [3.05, 3.63) is 65.2 Å². The highest BCUT2D eigenvalue weighted by atomic mass is 16.2. The zero-order valence-electron chi connectivity index (χ0n) is 28.4. The maximum atomic E-state index is 13.5. The number of hydrogen-bond donors (Lipinski definition) is 2. The number of carbonyl (C=O) groups is 6. The van der Waals surface area contributed by atoms with Crippen LogP contribution in [0.3, 0.4) is 0 Å². The van der Waals surface area contributed by atoms with Crippen LogP contribution in [0.4, 0.5) is 5.69 Å². The van der Waals surface area contributed by atoms with E-state index in [1.165, 1.54) is 4.90 Å². The van der Waals surface area contributed by atoms with Gasteiger partial charge in [-0.15, -0.1) is 0 Å². The molecule has 50 heavy (non-hydrogen) atoms. The first-order chi connectivity index (χ1) is 24.1. The van der Waals surface area contributed by atoms with E-state index in [4.69, 9.17) is 5.73 Å². The Bertz CT molecular complexity index is 1730. The van der Waals surface area contributed by atoms with Gasteiger partial charge in [-0.2, -0.15) is 0 Å². The summed E-state index contributed by atoms with van der Waals surface area (Å²) >= 11 is 0. The SMILES string of the molecule is CN(C(=O)[C@@H]1CC[C@@H]2CCN(C(=O)CCCCCC#Cc3cccc4c3CN(C3CCC(=O)NC3=O)C4=O)C[C@H](N)C(=O)N21)c1ccccc1. The van der Waals surface area contributed by atoms with E-state index in [9.17, 15) is 28.8 Å². The number of nitrogens with one attached hydrogen (secondary N) is 1. The third-order valence-corrected chi connectivity index (χ3v) is 10.3. The van der Waals surface area contributed by atoms with Crippen molar-refractivity contribution in [2.45, 2.75) is 94.9 Å². The molecule has 6 amide bonds. The molecular weight excluding hydrogens is 636 g/mol. The number of amides is 6. The number of unbranched alkanes of at least 4 members (excludes halogenated alkanes) is 3. The molecular formula is C38H44N6O6. The zero-order chi connectivity index (χ0) is 35.4. The quantitative estimate of drug-likeness (QED) is 0.247. The molecule has 2 aromatic carbocycles. The van der Waals surface area contributed by atoms with Crippen LogP contribution in [0.2, 0.25) is 0 Å². The van der Waals surface area contributed by atoms with Gasteiger partial charge in [0.05, 0.1) is 0 Å². The Kier molecular flexibility index (Phi) is 10.6. The van der Waals surface area contributed by atoms with Crippen LogP contribution in [-0.4, -0.2) is 94.4 Å². The number of likely N-dealkylation sites (N-methyl/N-ethyl adjacent to an activating group) is 1. The van der Waals surface area contributed by atoms with E-state index in [0.29, 0.717) is 57.1 Å². The highest BCUT2D eigenvalue weighted by Gasteiger charge is 2.45. The van der Waals surface area contributed by atoms with Crippen LogP contribution in [0, 0.1) is 11.8 Å². The number of hydrogen-bond acceptors (Lipinski definition) is 7. The lowest BCUT2D eigenvalue weighted by atomic mass is 10.0. The van der Waals surface area contributed by atoms with E-state index in [-0.39, 0.29) is 55.1 Å². The summed E-state index contributed by atoms with van der Waals surface area (Å²) in [4.78, 5) is 83.7. The molecule has 0 saturated carbocycles. The molecule has 3 N–H and O–H groups in total. The van der Waals surface area contributed by atoms with Crippen LogP contribution in [0.1, 0.15) is 85.7 Å². The van der Waals surface area contributed by atoms with E-state index >= 15 is 0 Å². The largest absolute Gasteiger partial charge is 0.341 e. The molecule has 2 aromatic rings. The van der Waals surface area contributed by atoms with Crippen molar-refractivity contribution in [2.75, 3.05) is 25.0 Å². The third kappa shape index (κ3) is 7.28. The monoisotopic (exact) mass is 680 g/mol. The van der Waals surface area contributed by atoms with Crippen LogP contribution in [0.25, 0.3) is 0 Å². The van der Waals surface area contributed by atoms with Gasteiger partial charge in [0.25, 0.3) is 5.91 Å². The van der Waals surface area contributed by atoms with Gasteiger partial charge in [-0.3, -0.25) is 34.1 Å². The second kappa shape index (κ2) is 15.3. The standard InChI is InChI=1S/C38H44N6O6/c1-41(26-13-7-5-8-14-26)38(50)32-18-17-27-21-22-42(24-30(39)37(49)44(27)32)34(46)16-9-4-2-3-6-11-25-12-10-15-28-29(25)23-43(36(28)48)31-19-20-33(45)40-35(31)47/h5,7-8,10,12-15,27,30-32H,2-4,9,16-24,39H2,1H3,(H,40,45,47)/t27-,30+,31?,32+/m1/s1. The summed E-state index contributed by atoms with van der Waals surface area (Å²) in [6.07, 6.45) is 5.68. The fourth-order valence-electron chi connectivity index (χ4n) is 7.56. The van der Waals surface area contributed by atoms with E-state index in [1.54, 1.807) is 33.9 Å². The highest BCUT2D eigenvalue weighted by molar-refractivity contribution is 6.05. The molecule has 12 heteroatoms. The number of anilines is 1. The van der Waals surface area contributed by atoms with Gasteiger partial charge in [-0.1, -0.05) is 42.5 Å². The van der Waals surface area contributed by atoms with E-state index in [0.717, 1.165) is 29.7 Å². The number of imide groups is 1. The molecule has 6 rings (SSSR count). The van der Waals surface area contributed by atoms with Crippen molar-refractivity contribution in [1.29, 1.82) is 0 Å². The molecule has 12 nitrogen and oxygen atoms in total. The second-order valence-corrected chi connectivity index (χ2v) is 13.6. The molecule has 0 spiro atoms. The van der Waals surface area contributed by atoms with Gasteiger partial charge in [0, 0.05) is 68.8 Å². The minimum Gasteiger partial charge on any atom is -0.341 e. The first-order valence-electron chi connectivity index (χ1n) is 17.6. The molecule has 4 aliphatic heterocycles. The summed E-state index contributed by atoms with van der Waals surface area (Å²) < 4.78 is 0. The van der Waals surface area contributed by atoms with E-state index < -0.39 is 24.0 Å². The summed E-state index contributed by atoms with van der Waals surface area (Å²) in [7, 11) is 1.73. The lowest BCUT2D eigenvalue weighted by Crippen LogP contribution is -2.59. The molecule has 4 atom stereocenters. The first-order valence-corrected chi connectivity index (χ1v) is 17.6. The molecule has 3 fully saturated rings. The van der Waals surface area contributed by atoms with Gasteiger partial charge < -0.3 is 25.3 Å². The first kappa shape index (κ1) is 34.8. The van der Waals surface area contributed by atoms with Gasteiger partial charge in [-0.05, 0) is 68.4 Å². The number of nitrogens with zero attached hydrogens (tertiary/aromatic N) is 4. The molecule has 0 radical (unpaired) electrons. The Morgan fingerprint density at radius 2 is 1.76 bits per heavy atom. The minimum atomic E-state index is -0.890. The molecule has 0 aromatic heterocycles. The Morgan fingerprint density at radius 1 is 0.960 bits per heavy atom. The lowest BCUT2D eigenvalue weighted by Gasteiger charge is -2.38. The van der Waals surface area contributed by atoms with Gasteiger partial charge in [-0.25, -0.2) is 0 Å². The van der Waals surface area contributed by atoms with Gasteiger partial charge in [0.15, 0.2) is 0 Å². The van der Waals surface area contributed by atoms with Gasteiger partial charge in [0.2, 0.25) is 29.5 Å². The summed E-state index contributed by atoms with van der Waals surface area (Å²) in [5, 5.41) is 2.33. The Hall–Kier alpha value is -5.02. The number of rotatable bonds is 8. The van der Waals surface area contributed by atoms with Crippen LogP contribution >= 0.6 is 0 Å². The molecule has 1 unspecified atom stereocenters.